The highest BCUT2D eigenvalue weighted by Gasteiger charge is 2.13. The van der Waals surface area contributed by atoms with Gasteiger partial charge in [0.05, 0.1) is 6.10 Å². The minimum absolute atomic E-state index is 0.283. The van der Waals surface area contributed by atoms with Crippen LogP contribution in [0.2, 0.25) is 0 Å². The summed E-state index contributed by atoms with van der Waals surface area (Å²) < 4.78 is 0. The summed E-state index contributed by atoms with van der Waals surface area (Å²) in [6, 6.07) is 8.18. The second-order valence-electron chi connectivity index (χ2n) is 4.01. The molecule has 1 atom stereocenters. The van der Waals surface area contributed by atoms with Gasteiger partial charge < -0.3 is 5.11 Å². The summed E-state index contributed by atoms with van der Waals surface area (Å²) in [7, 11) is 0. The summed E-state index contributed by atoms with van der Waals surface area (Å²) in [6.45, 7) is 2.14. The molecule has 0 bridgehead atoms. The molecule has 0 radical (unpaired) electrons. The Morgan fingerprint density at radius 1 is 1.29 bits per heavy atom. The van der Waals surface area contributed by atoms with Crippen LogP contribution in [0, 0.1) is 0 Å². The average molecular weight is 188 g/mol. The zero-order valence-electron chi connectivity index (χ0n) is 8.53. The molecular formula is C13H16O. The molecule has 0 saturated heterocycles. The summed E-state index contributed by atoms with van der Waals surface area (Å²) in [5, 5.41) is 9.96. The Bertz CT molecular complexity index is 352. The molecule has 1 aliphatic carbocycles. The van der Waals surface area contributed by atoms with Crippen molar-refractivity contribution in [1.82, 2.24) is 0 Å². The zero-order chi connectivity index (χ0) is 9.97. The van der Waals surface area contributed by atoms with Gasteiger partial charge in [0.1, 0.15) is 0 Å². The molecule has 1 aliphatic rings. The molecule has 1 unspecified atom stereocenters. The number of allylic oxidation sites excluding steroid dienone is 2. The lowest BCUT2D eigenvalue weighted by Gasteiger charge is -2.17. The Morgan fingerprint density at radius 2 is 2.07 bits per heavy atom. The van der Waals surface area contributed by atoms with E-state index in [0.29, 0.717) is 0 Å². The van der Waals surface area contributed by atoms with Gasteiger partial charge >= 0.3 is 0 Å². The van der Waals surface area contributed by atoms with Crippen LogP contribution in [-0.2, 0) is 6.42 Å². The summed E-state index contributed by atoms with van der Waals surface area (Å²) in [6.07, 6.45) is 4.80. The van der Waals surface area contributed by atoms with Crippen LogP contribution >= 0.6 is 0 Å². The number of fused-ring (bicyclic) bond motifs is 1. The second-order valence-corrected chi connectivity index (χ2v) is 4.01. The van der Waals surface area contributed by atoms with Crippen LogP contribution in [-0.4, -0.2) is 5.11 Å². The molecule has 14 heavy (non-hydrogen) atoms. The van der Waals surface area contributed by atoms with Crippen molar-refractivity contribution in [3.8, 4) is 0 Å². The third-order valence-electron chi connectivity index (χ3n) is 2.90. The van der Waals surface area contributed by atoms with Crippen LogP contribution in [0.4, 0.5) is 0 Å². The highest BCUT2D eigenvalue weighted by atomic mass is 16.3. The maximum absolute atomic E-state index is 9.96. The highest BCUT2D eigenvalue weighted by molar-refractivity contribution is 5.32. The molecule has 1 N–H and O–H groups in total. The molecule has 0 fully saturated rings. The van der Waals surface area contributed by atoms with Gasteiger partial charge in [0.25, 0.3) is 0 Å². The fourth-order valence-corrected chi connectivity index (χ4v) is 1.95. The topological polar surface area (TPSA) is 20.2 Å². The first kappa shape index (κ1) is 9.47. The van der Waals surface area contributed by atoms with Gasteiger partial charge in [-0.1, -0.05) is 35.9 Å². The first-order valence-corrected chi connectivity index (χ1v) is 5.19. The van der Waals surface area contributed by atoms with Crippen LogP contribution in [0.25, 0.3) is 0 Å². The first-order chi connectivity index (χ1) is 6.77. The summed E-state index contributed by atoms with van der Waals surface area (Å²) in [4.78, 5) is 0. The fraction of sp³-hybridized carbons (Fsp3) is 0.385. The Labute approximate surface area is 85.1 Å². The third-order valence-corrected chi connectivity index (χ3v) is 2.90. The minimum atomic E-state index is -0.283. The van der Waals surface area contributed by atoms with Gasteiger partial charge in [-0.05, 0) is 37.3 Å². The van der Waals surface area contributed by atoms with Crippen molar-refractivity contribution >= 4 is 0 Å². The van der Waals surface area contributed by atoms with Gasteiger partial charge in [-0.3, -0.25) is 0 Å². The van der Waals surface area contributed by atoms with E-state index in [1.165, 1.54) is 11.1 Å². The molecule has 0 spiro atoms. The Morgan fingerprint density at radius 3 is 2.93 bits per heavy atom. The lowest BCUT2D eigenvalue weighted by atomic mass is 9.92. The normalized spacial score (nSPS) is 25.6. The molecule has 0 amide bonds. The van der Waals surface area contributed by atoms with Gasteiger partial charge in [0.2, 0.25) is 0 Å². The Hall–Kier alpha value is -1.08. The molecule has 1 nitrogen and oxygen atoms in total. The van der Waals surface area contributed by atoms with E-state index >= 15 is 0 Å². The van der Waals surface area contributed by atoms with Crippen molar-refractivity contribution in [2.45, 2.75) is 32.3 Å². The number of aliphatic hydroxyl groups is 1. The highest BCUT2D eigenvalue weighted by Crippen LogP contribution is 2.27. The third kappa shape index (κ3) is 1.88. The minimum Gasteiger partial charge on any atom is -0.388 e. The first-order valence-electron chi connectivity index (χ1n) is 5.19. The van der Waals surface area contributed by atoms with Crippen molar-refractivity contribution in [2.75, 3.05) is 0 Å². The van der Waals surface area contributed by atoms with Crippen molar-refractivity contribution in [3.05, 3.63) is 47.0 Å². The van der Waals surface area contributed by atoms with Crippen molar-refractivity contribution in [2.24, 2.45) is 0 Å². The predicted molar refractivity (Wildman–Crippen MR) is 58.1 cm³/mol. The van der Waals surface area contributed by atoms with Gasteiger partial charge in [-0.25, -0.2) is 0 Å². The molecule has 2 rings (SSSR count). The van der Waals surface area contributed by atoms with Crippen molar-refractivity contribution in [3.63, 3.8) is 0 Å². The maximum atomic E-state index is 9.96. The fourth-order valence-electron chi connectivity index (χ4n) is 1.95. The molecule has 0 saturated carbocycles. The van der Waals surface area contributed by atoms with E-state index in [1.807, 2.05) is 18.2 Å². The van der Waals surface area contributed by atoms with Gasteiger partial charge in [-0.15, -0.1) is 0 Å². The molecule has 1 aromatic carbocycles. The second kappa shape index (κ2) is 3.97. The Balaban J connectivity index is 2.38. The van der Waals surface area contributed by atoms with E-state index in [9.17, 15) is 5.11 Å². The summed E-state index contributed by atoms with van der Waals surface area (Å²) in [5.41, 5.74) is 3.76. The van der Waals surface area contributed by atoms with E-state index in [4.69, 9.17) is 0 Å². The van der Waals surface area contributed by atoms with Crippen LogP contribution in [0.3, 0.4) is 0 Å². The smallest absolute Gasteiger partial charge is 0.0795 e. The molecule has 1 aromatic rings. The van der Waals surface area contributed by atoms with Gasteiger partial charge in [0.15, 0.2) is 0 Å². The van der Waals surface area contributed by atoms with Crippen molar-refractivity contribution < 1.29 is 5.11 Å². The molecule has 0 heterocycles. The van der Waals surface area contributed by atoms with Crippen LogP contribution in [0.5, 0.6) is 0 Å². The van der Waals surface area contributed by atoms with Crippen LogP contribution in [0.15, 0.2) is 35.9 Å². The monoisotopic (exact) mass is 188 g/mol. The van der Waals surface area contributed by atoms with E-state index in [-0.39, 0.29) is 6.10 Å². The maximum Gasteiger partial charge on any atom is 0.0795 e. The largest absolute Gasteiger partial charge is 0.388 e. The van der Waals surface area contributed by atoms with E-state index in [2.05, 4.69) is 19.1 Å². The number of hydrogen-bond donors (Lipinski definition) is 1. The number of rotatable bonds is 0. The summed E-state index contributed by atoms with van der Waals surface area (Å²) in [5.74, 6) is 0. The quantitative estimate of drug-likeness (QED) is 0.620. The van der Waals surface area contributed by atoms with Crippen LogP contribution < -0.4 is 0 Å². The van der Waals surface area contributed by atoms with Crippen LogP contribution in [0.1, 0.15) is 37.0 Å². The van der Waals surface area contributed by atoms with Gasteiger partial charge in [-0.2, -0.15) is 0 Å². The summed E-state index contributed by atoms with van der Waals surface area (Å²) >= 11 is 0. The lowest BCUT2D eigenvalue weighted by Crippen LogP contribution is -2.04. The SMILES string of the molecule is C/C1=C/Cc2ccccc2C(O)CC1. The van der Waals surface area contributed by atoms with E-state index in [0.717, 1.165) is 24.8 Å². The average Bonchev–Trinajstić information content (AvgIpc) is 2.21. The predicted octanol–water partition coefficient (Wildman–Crippen LogP) is 3.00. The molecule has 1 heteroatoms. The molecule has 0 aromatic heterocycles. The zero-order valence-corrected chi connectivity index (χ0v) is 8.53. The lowest BCUT2D eigenvalue weighted by molar-refractivity contribution is 0.166. The number of benzene rings is 1. The molecule has 74 valence electrons. The molecular weight excluding hydrogens is 172 g/mol. The molecule has 0 aliphatic heterocycles. The van der Waals surface area contributed by atoms with E-state index in [1.54, 1.807) is 0 Å². The van der Waals surface area contributed by atoms with Crippen molar-refractivity contribution in [1.29, 1.82) is 0 Å². The van der Waals surface area contributed by atoms with E-state index < -0.39 is 0 Å². The Kier molecular flexibility index (Phi) is 2.69. The van der Waals surface area contributed by atoms with Gasteiger partial charge in [0, 0.05) is 0 Å². The number of hydrogen-bond acceptors (Lipinski definition) is 1. The number of aliphatic hydroxyl groups excluding tert-OH is 1. The standard InChI is InChI=1S/C13H16O/c1-10-6-8-11-4-2-3-5-12(11)13(14)9-7-10/h2-6,13-14H,7-9H2,1H3/b10-6-.